The molecule has 150 valence electrons. The summed E-state index contributed by atoms with van der Waals surface area (Å²) in [6.45, 7) is 9.02. The monoisotopic (exact) mass is 402 g/mol. The van der Waals surface area contributed by atoms with E-state index in [1.807, 2.05) is 16.4 Å². The van der Waals surface area contributed by atoms with Gasteiger partial charge < -0.3 is 14.5 Å². The summed E-state index contributed by atoms with van der Waals surface area (Å²) in [5.74, 6) is 2.58. The van der Waals surface area contributed by atoms with Crippen LogP contribution in [0.4, 0.5) is 4.79 Å². The highest BCUT2D eigenvalue weighted by Crippen LogP contribution is 2.30. The Balaban J connectivity index is 1.51. The molecule has 0 atom stereocenters. The molecule has 8 heteroatoms. The van der Waals surface area contributed by atoms with Gasteiger partial charge in [0.1, 0.15) is 5.69 Å². The van der Waals surface area contributed by atoms with Gasteiger partial charge in [0, 0.05) is 57.1 Å². The summed E-state index contributed by atoms with van der Waals surface area (Å²) in [5.41, 5.74) is 0.535. The van der Waals surface area contributed by atoms with Crippen LogP contribution in [0.5, 0.6) is 0 Å². The lowest BCUT2D eigenvalue weighted by atomic mass is 9.98. The third kappa shape index (κ3) is 4.91. The van der Waals surface area contributed by atoms with Gasteiger partial charge in [0.15, 0.2) is 6.61 Å². The van der Waals surface area contributed by atoms with Crippen LogP contribution in [0.25, 0.3) is 0 Å². The Kier molecular flexibility index (Phi) is 7.06. The van der Waals surface area contributed by atoms with E-state index in [4.69, 9.17) is 11.2 Å². The second-order valence-corrected chi connectivity index (χ2v) is 7.86. The number of likely N-dealkylation sites (tertiary alicyclic amines) is 1. The summed E-state index contributed by atoms with van der Waals surface area (Å²) < 4.78 is 4.98. The van der Waals surface area contributed by atoms with Crippen molar-refractivity contribution in [1.82, 2.24) is 19.7 Å². The molecule has 0 radical (unpaired) electrons. The van der Waals surface area contributed by atoms with Crippen LogP contribution in [0.2, 0.25) is 0 Å². The number of hydrogen-bond donors (Lipinski definition) is 0. The maximum Gasteiger partial charge on any atom is 0.410 e. The third-order valence-electron chi connectivity index (χ3n) is 5.17. The molecule has 2 aliphatic rings. The van der Waals surface area contributed by atoms with E-state index < -0.39 is 0 Å². The van der Waals surface area contributed by atoms with Crippen LogP contribution in [0.3, 0.4) is 0 Å². The smallest absolute Gasteiger partial charge is 0.410 e. The van der Waals surface area contributed by atoms with E-state index in [1.54, 1.807) is 4.90 Å². The average molecular weight is 403 g/mol. The first-order valence-electron chi connectivity index (χ1n) is 9.55. The fraction of sp³-hybridized carbons (Fsp3) is 0.550. The molecule has 3 heterocycles. The van der Waals surface area contributed by atoms with Gasteiger partial charge in [-0.1, -0.05) is 12.0 Å². The van der Waals surface area contributed by atoms with Crippen molar-refractivity contribution >= 4 is 23.3 Å². The molecule has 0 aliphatic carbocycles. The molecule has 0 unspecified atom stereocenters. The van der Waals surface area contributed by atoms with Gasteiger partial charge >= 0.3 is 6.09 Å². The number of ether oxygens (including phenoxy) is 1. The number of aromatic nitrogens is 1. The van der Waals surface area contributed by atoms with E-state index in [9.17, 15) is 9.59 Å². The second-order valence-electron chi connectivity index (χ2n) is 6.97. The minimum atomic E-state index is -0.359. The van der Waals surface area contributed by atoms with E-state index in [-0.39, 0.29) is 24.5 Å². The van der Waals surface area contributed by atoms with Gasteiger partial charge in [-0.3, -0.25) is 9.69 Å². The molecule has 0 bridgehead atoms. The summed E-state index contributed by atoms with van der Waals surface area (Å²) in [5, 5.41) is 2.84. The summed E-state index contributed by atoms with van der Waals surface area (Å²) in [6.07, 6.45) is 8.27. The number of carbonyl (C=O) groups is 2. The maximum absolute atomic E-state index is 12.7. The zero-order valence-corrected chi connectivity index (χ0v) is 16.8. The van der Waals surface area contributed by atoms with Crippen molar-refractivity contribution in [2.24, 2.45) is 0 Å². The number of rotatable bonds is 5. The van der Waals surface area contributed by atoms with Crippen molar-refractivity contribution in [2.45, 2.75) is 18.8 Å². The fourth-order valence-electron chi connectivity index (χ4n) is 3.56. The Morgan fingerprint density at radius 2 is 1.96 bits per heavy atom. The van der Waals surface area contributed by atoms with Crippen LogP contribution in [0.15, 0.2) is 18.0 Å². The number of nitrogens with zero attached hydrogens (tertiary/aromatic N) is 4. The van der Waals surface area contributed by atoms with Crippen molar-refractivity contribution in [2.75, 3.05) is 52.4 Å². The summed E-state index contributed by atoms with van der Waals surface area (Å²) in [6, 6.07) is 0. The summed E-state index contributed by atoms with van der Waals surface area (Å²) in [7, 11) is 0. The first kappa shape index (κ1) is 20.4. The van der Waals surface area contributed by atoms with Gasteiger partial charge in [-0.05, 0) is 12.8 Å². The molecule has 2 amide bonds. The predicted octanol–water partition coefficient (Wildman–Crippen LogP) is 2.04. The second kappa shape index (κ2) is 9.71. The summed E-state index contributed by atoms with van der Waals surface area (Å²) in [4.78, 5) is 35.1. The largest absolute Gasteiger partial charge is 0.436 e. The number of terminal acetylenes is 1. The van der Waals surface area contributed by atoms with Crippen molar-refractivity contribution < 1.29 is 14.3 Å². The lowest BCUT2D eigenvalue weighted by Gasteiger charge is -2.33. The van der Waals surface area contributed by atoms with Gasteiger partial charge in [0.05, 0.1) is 5.01 Å². The fourth-order valence-corrected chi connectivity index (χ4v) is 4.52. The Morgan fingerprint density at radius 3 is 2.61 bits per heavy atom. The molecule has 0 spiro atoms. The van der Waals surface area contributed by atoms with E-state index in [0.29, 0.717) is 18.8 Å². The maximum atomic E-state index is 12.7. The SMILES string of the molecule is C#CCOC(=O)N1CCC(c2nc(C(=O)N3CCN(CC=C)CC3)cs2)CC1. The van der Waals surface area contributed by atoms with Gasteiger partial charge in [-0.2, -0.15) is 0 Å². The summed E-state index contributed by atoms with van der Waals surface area (Å²) >= 11 is 1.54. The number of piperazine rings is 1. The highest BCUT2D eigenvalue weighted by atomic mass is 32.1. The first-order chi connectivity index (χ1) is 13.6. The highest BCUT2D eigenvalue weighted by molar-refractivity contribution is 7.09. The molecule has 1 aromatic heterocycles. The van der Waals surface area contributed by atoms with Crippen LogP contribution >= 0.6 is 11.3 Å². The molecule has 3 rings (SSSR count). The topological polar surface area (TPSA) is 66.0 Å². The van der Waals surface area contributed by atoms with Crippen LogP contribution in [-0.2, 0) is 4.74 Å². The predicted molar refractivity (Wildman–Crippen MR) is 108 cm³/mol. The Labute approximate surface area is 170 Å². The van der Waals surface area contributed by atoms with Crippen molar-refractivity contribution in [3.63, 3.8) is 0 Å². The van der Waals surface area contributed by atoms with E-state index in [1.165, 1.54) is 11.3 Å². The Morgan fingerprint density at radius 1 is 1.25 bits per heavy atom. The van der Waals surface area contributed by atoms with Gasteiger partial charge in [-0.15, -0.1) is 24.3 Å². The normalized spacial score (nSPS) is 18.5. The first-order valence-corrected chi connectivity index (χ1v) is 10.4. The number of carbonyl (C=O) groups excluding carboxylic acids is 2. The van der Waals surface area contributed by atoms with Crippen LogP contribution in [0, 0.1) is 12.3 Å². The van der Waals surface area contributed by atoms with Crippen molar-refractivity contribution in [3.8, 4) is 12.3 Å². The lowest BCUT2D eigenvalue weighted by Crippen LogP contribution is -2.48. The molecule has 2 saturated heterocycles. The molecule has 1 aromatic rings. The minimum Gasteiger partial charge on any atom is -0.436 e. The quantitative estimate of drug-likeness (QED) is 0.557. The van der Waals surface area contributed by atoms with Gasteiger partial charge in [-0.25, -0.2) is 9.78 Å². The highest BCUT2D eigenvalue weighted by Gasteiger charge is 2.28. The standard InChI is InChI=1S/C20H26N4O3S/c1-3-7-22-10-12-23(13-11-22)19(25)17-15-28-18(21-17)16-5-8-24(9-6-16)20(26)27-14-4-2/h2-3,15-16H,1,5-14H2. The van der Waals surface area contributed by atoms with Crippen LogP contribution in [-0.4, -0.2) is 84.1 Å². The van der Waals surface area contributed by atoms with Crippen molar-refractivity contribution in [1.29, 1.82) is 0 Å². The van der Waals surface area contributed by atoms with Crippen LogP contribution < -0.4 is 0 Å². The molecular formula is C20H26N4O3S. The van der Waals surface area contributed by atoms with Crippen LogP contribution in [0.1, 0.15) is 34.3 Å². The number of piperidine rings is 1. The third-order valence-corrected chi connectivity index (χ3v) is 6.18. The van der Waals surface area contributed by atoms with E-state index in [2.05, 4.69) is 22.4 Å². The number of amides is 2. The molecule has 28 heavy (non-hydrogen) atoms. The zero-order valence-electron chi connectivity index (χ0n) is 16.0. The molecule has 2 aliphatic heterocycles. The van der Waals surface area contributed by atoms with E-state index in [0.717, 1.165) is 50.6 Å². The zero-order chi connectivity index (χ0) is 19.9. The molecule has 0 N–H and O–H groups in total. The minimum absolute atomic E-state index is 0.00143. The number of thiazole rings is 1. The molecule has 0 saturated carbocycles. The van der Waals surface area contributed by atoms with Gasteiger partial charge in [0.2, 0.25) is 0 Å². The lowest BCUT2D eigenvalue weighted by molar-refractivity contribution is 0.0645. The molecule has 7 nitrogen and oxygen atoms in total. The Hall–Kier alpha value is -2.37. The molecular weight excluding hydrogens is 376 g/mol. The average Bonchev–Trinajstić information content (AvgIpc) is 3.22. The van der Waals surface area contributed by atoms with Gasteiger partial charge in [0.25, 0.3) is 5.91 Å². The van der Waals surface area contributed by atoms with Crippen molar-refractivity contribution in [3.05, 3.63) is 28.7 Å². The molecule has 0 aromatic carbocycles. The van der Waals surface area contributed by atoms with E-state index >= 15 is 0 Å². The Bertz CT molecular complexity index is 741. The molecule has 2 fully saturated rings. The number of hydrogen-bond acceptors (Lipinski definition) is 6.